The summed E-state index contributed by atoms with van der Waals surface area (Å²) in [5.41, 5.74) is 8.40. The van der Waals surface area contributed by atoms with E-state index in [4.69, 9.17) is 10.5 Å². The third-order valence-electron chi connectivity index (χ3n) is 3.75. The number of phenols is 2. The van der Waals surface area contributed by atoms with E-state index < -0.39 is 0 Å². The van der Waals surface area contributed by atoms with Crippen molar-refractivity contribution in [3.63, 3.8) is 0 Å². The first-order valence-corrected chi connectivity index (χ1v) is 6.65. The SMILES string of the molecule is NC[C@H]1O[C@H](c2ccccc2)Cc2c1ccc(O)c2O. The summed E-state index contributed by atoms with van der Waals surface area (Å²) in [6, 6.07) is 13.1. The van der Waals surface area contributed by atoms with E-state index in [1.807, 2.05) is 30.3 Å². The third-order valence-corrected chi connectivity index (χ3v) is 3.75. The Balaban J connectivity index is 2.03. The van der Waals surface area contributed by atoms with E-state index in [9.17, 15) is 10.2 Å². The number of ether oxygens (including phenoxy) is 1. The highest BCUT2D eigenvalue weighted by Gasteiger charge is 2.30. The summed E-state index contributed by atoms with van der Waals surface area (Å²) in [5.74, 6) is -0.168. The monoisotopic (exact) mass is 271 g/mol. The minimum absolute atomic E-state index is 0.0646. The van der Waals surface area contributed by atoms with Crippen LogP contribution in [0.1, 0.15) is 28.9 Å². The van der Waals surface area contributed by atoms with E-state index in [0.29, 0.717) is 13.0 Å². The van der Waals surface area contributed by atoms with E-state index in [0.717, 1.165) is 16.7 Å². The molecule has 0 spiro atoms. The van der Waals surface area contributed by atoms with Crippen molar-refractivity contribution in [2.24, 2.45) is 5.73 Å². The fraction of sp³-hybridized carbons (Fsp3) is 0.250. The fourth-order valence-electron chi connectivity index (χ4n) is 2.71. The Morgan fingerprint density at radius 1 is 1.10 bits per heavy atom. The van der Waals surface area contributed by atoms with Crippen LogP contribution in [0.3, 0.4) is 0 Å². The van der Waals surface area contributed by atoms with Gasteiger partial charge in [-0.05, 0) is 17.2 Å². The molecule has 2 aromatic rings. The molecule has 1 aliphatic rings. The molecule has 0 aromatic heterocycles. The molecule has 0 unspecified atom stereocenters. The molecular formula is C16H17NO3. The molecular weight excluding hydrogens is 254 g/mol. The van der Waals surface area contributed by atoms with Gasteiger partial charge in [0.25, 0.3) is 0 Å². The molecule has 0 saturated heterocycles. The van der Waals surface area contributed by atoms with Crippen LogP contribution >= 0.6 is 0 Å². The van der Waals surface area contributed by atoms with E-state index in [2.05, 4.69) is 0 Å². The maximum absolute atomic E-state index is 10.1. The lowest BCUT2D eigenvalue weighted by Gasteiger charge is -2.32. The molecule has 0 saturated carbocycles. The van der Waals surface area contributed by atoms with Crippen LogP contribution in [0.25, 0.3) is 0 Å². The van der Waals surface area contributed by atoms with Crippen molar-refractivity contribution in [2.75, 3.05) is 6.54 Å². The molecule has 104 valence electrons. The van der Waals surface area contributed by atoms with Crippen LogP contribution in [-0.4, -0.2) is 16.8 Å². The van der Waals surface area contributed by atoms with Gasteiger partial charge in [0.05, 0.1) is 12.2 Å². The van der Waals surface area contributed by atoms with Gasteiger partial charge in [0.2, 0.25) is 0 Å². The molecule has 3 rings (SSSR count). The zero-order chi connectivity index (χ0) is 14.1. The van der Waals surface area contributed by atoms with Crippen molar-refractivity contribution < 1.29 is 14.9 Å². The van der Waals surface area contributed by atoms with Crippen LogP contribution in [0.4, 0.5) is 0 Å². The second-order valence-corrected chi connectivity index (χ2v) is 4.96. The van der Waals surface area contributed by atoms with Gasteiger partial charge in [0.15, 0.2) is 11.5 Å². The summed E-state index contributed by atoms with van der Waals surface area (Å²) in [7, 11) is 0. The molecule has 1 aliphatic heterocycles. The highest BCUT2D eigenvalue weighted by atomic mass is 16.5. The van der Waals surface area contributed by atoms with Crippen molar-refractivity contribution in [1.29, 1.82) is 0 Å². The molecule has 4 N–H and O–H groups in total. The summed E-state index contributed by atoms with van der Waals surface area (Å²) >= 11 is 0. The van der Waals surface area contributed by atoms with Gasteiger partial charge in [-0.3, -0.25) is 0 Å². The van der Waals surface area contributed by atoms with E-state index in [1.165, 1.54) is 6.07 Å². The predicted molar refractivity (Wildman–Crippen MR) is 75.5 cm³/mol. The average Bonchev–Trinajstić information content (AvgIpc) is 2.51. The Bertz CT molecular complexity index is 613. The molecule has 1 heterocycles. The number of rotatable bonds is 2. The molecule has 0 bridgehead atoms. The van der Waals surface area contributed by atoms with Crippen LogP contribution < -0.4 is 5.73 Å². The van der Waals surface area contributed by atoms with Crippen LogP contribution in [0.2, 0.25) is 0 Å². The molecule has 4 heteroatoms. The second kappa shape index (κ2) is 5.15. The van der Waals surface area contributed by atoms with E-state index >= 15 is 0 Å². The van der Waals surface area contributed by atoms with Crippen molar-refractivity contribution in [3.05, 3.63) is 59.2 Å². The maximum Gasteiger partial charge on any atom is 0.161 e. The minimum Gasteiger partial charge on any atom is -0.504 e. The summed E-state index contributed by atoms with van der Waals surface area (Å²) in [6.07, 6.45) is 0.0937. The molecule has 0 radical (unpaired) electrons. The van der Waals surface area contributed by atoms with E-state index in [1.54, 1.807) is 6.07 Å². The summed E-state index contributed by atoms with van der Waals surface area (Å²) in [5, 5.41) is 19.7. The van der Waals surface area contributed by atoms with Gasteiger partial charge in [0, 0.05) is 18.5 Å². The predicted octanol–water partition coefficient (Wildman–Crippen LogP) is 2.41. The first-order valence-electron chi connectivity index (χ1n) is 6.65. The van der Waals surface area contributed by atoms with Crippen molar-refractivity contribution in [1.82, 2.24) is 0 Å². The fourth-order valence-corrected chi connectivity index (χ4v) is 2.71. The number of benzene rings is 2. The van der Waals surface area contributed by atoms with Gasteiger partial charge in [-0.15, -0.1) is 0 Å². The highest BCUT2D eigenvalue weighted by molar-refractivity contribution is 5.51. The van der Waals surface area contributed by atoms with Crippen LogP contribution in [0, 0.1) is 0 Å². The average molecular weight is 271 g/mol. The number of hydrogen-bond acceptors (Lipinski definition) is 4. The van der Waals surface area contributed by atoms with Gasteiger partial charge < -0.3 is 20.7 Å². The topological polar surface area (TPSA) is 75.7 Å². The van der Waals surface area contributed by atoms with Gasteiger partial charge in [0.1, 0.15) is 0 Å². The maximum atomic E-state index is 10.1. The second-order valence-electron chi connectivity index (χ2n) is 4.96. The third kappa shape index (κ3) is 2.13. The number of hydrogen-bond donors (Lipinski definition) is 3. The summed E-state index contributed by atoms with van der Waals surface area (Å²) in [4.78, 5) is 0. The molecule has 2 atom stereocenters. The highest BCUT2D eigenvalue weighted by Crippen LogP contribution is 2.43. The molecule has 0 amide bonds. The quantitative estimate of drug-likeness (QED) is 0.733. The van der Waals surface area contributed by atoms with Crippen LogP contribution in [0.5, 0.6) is 11.5 Å². The molecule has 0 aliphatic carbocycles. The number of fused-ring (bicyclic) bond motifs is 1. The van der Waals surface area contributed by atoms with E-state index in [-0.39, 0.29) is 23.7 Å². The smallest absolute Gasteiger partial charge is 0.161 e. The Labute approximate surface area is 117 Å². The van der Waals surface area contributed by atoms with Crippen molar-refractivity contribution in [2.45, 2.75) is 18.6 Å². The largest absolute Gasteiger partial charge is 0.504 e. The lowest BCUT2D eigenvalue weighted by molar-refractivity contribution is -0.0230. The van der Waals surface area contributed by atoms with Gasteiger partial charge >= 0.3 is 0 Å². The van der Waals surface area contributed by atoms with Crippen molar-refractivity contribution in [3.8, 4) is 11.5 Å². The Morgan fingerprint density at radius 2 is 1.85 bits per heavy atom. The number of phenolic OH excluding ortho intramolecular Hbond substituents is 2. The van der Waals surface area contributed by atoms with Gasteiger partial charge in [-0.2, -0.15) is 0 Å². The minimum atomic E-state index is -0.268. The lowest BCUT2D eigenvalue weighted by atomic mass is 9.90. The van der Waals surface area contributed by atoms with Crippen LogP contribution in [0.15, 0.2) is 42.5 Å². The zero-order valence-electron chi connectivity index (χ0n) is 11.0. The molecule has 4 nitrogen and oxygen atoms in total. The summed E-state index contributed by atoms with van der Waals surface area (Å²) in [6.45, 7) is 0.334. The number of aromatic hydroxyl groups is 2. The molecule has 2 aromatic carbocycles. The van der Waals surface area contributed by atoms with Crippen molar-refractivity contribution >= 4 is 0 Å². The first kappa shape index (κ1) is 13.0. The van der Waals surface area contributed by atoms with Gasteiger partial charge in [-0.25, -0.2) is 0 Å². The first-order chi connectivity index (χ1) is 9.70. The molecule has 20 heavy (non-hydrogen) atoms. The normalized spacial score (nSPS) is 21.4. The molecule has 0 fully saturated rings. The Kier molecular flexibility index (Phi) is 3.34. The summed E-state index contributed by atoms with van der Waals surface area (Å²) < 4.78 is 6.03. The Morgan fingerprint density at radius 3 is 2.55 bits per heavy atom. The van der Waals surface area contributed by atoms with Crippen LogP contribution in [-0.2, 0) is 11.2 Å². The zero-order valence-corrected chi connectivity index (χ0v) is 11.0. The van der Waals surface area contributed by atoms with Gasteiger partial charge in [-0.1, -0.05) is 36.4 Å². The Hall–Kier alpha value is -2.04. The number of nitrogens with two attached hydrogens (primary N) is 1. The standard InChI is InChI=1S/C16H17NO3/c17-9-15-11-6-7-13(18)16(19)12(11)8-14(20-15)10-4-2-1-3-5-10/h1-7,14-15,18-19H,8-9,17H2/t14-,15+/m0/s1. The lowest BCUT2D eigenvalue weighted by Crippen LogP contribution is -2.25.